The quantitative estimate of drug-likeness (QED) is 0.0492. The summed E-state index contributed by atoms with van der Waals surface area (Å²) in [6.45, 7) is 0.416. The molecule has 0 aromatic carbocycles. The Hall–Kier alpha value is -2.22. The Morgan fingerprint density at radius 2 is 1.51 bits per heavy atom. The van der Waals surface area contributed by atoms with Gasteiger partial charge in [0.15, 0.2) is 6.10 Å². The van der Waals surface area contributed by atoms with Gasteiger partial charge in [0.1, 0.15) is 35.3 Å². The van der Waals surface area contributed by atoms with Crippen LogP contribution < -0.4 is 21.3 Å². The zero-order valence-corrected chi connectivity index (χ0v) is 24.7. The average molecular weight is 659 g/mol. The third kappa shape index (κ3) is 9.15. The maximum Gasteiger partial charge on any atom is 0.470 e. The third-order valence-corrected chi connectivity index (χ3v) is 9.76. The SMILES string of the molecule is O=C(O)CCCC[C@]1(C(=O)NCCCCCNC(=O)OC2[C@@H](O)[C@H](O)C(OP(=O)(O)O)[C@@H](O)[C@H]2O)SC[C@@H]2NC(=O)N[C@@H]21. The maximum absolute atomic E-state index is 13.3. The summed E-state index contributed by atoms with van der Waals surface area (Å²) >= 11 is 1.44. The number of nitrogens with one attached hydrogen (secondary N) is 4. The van der Waals surface area contributed by atoms with Crippen LogP contribution in [0.15, 0.2) is 0 Å². The second-order valence-corrected chi connectivity index (χ2v) is 13.2. The number of aliphatic carboxylic acids is 1. The number of unbranched alkanes of at least 4 members (excludes halogenated alkanes) is 3. The summed E-state index contributed by atoms with van der Waals surface area (Å²) in [5.41, 5.74) is 0. The van der Waals surface area contributed by atoms with Crippen LogP contribution in [-0.4, -0.2) is 132 Å². The first-order valence-electron chi connectivity index (χ1n) is 13.8. The van der Waals surface area contributed by atoms with Gasteiger partial charge in [0.25, 0.3) is 0 Å². The molecule has 0 aromatic heterocycles. The molecule has 20 heteroatoms. The molecular formula is C23H39N4O14PS. The molecule has 43 heavy (non-hydrogen) atoms. The van der Waals surface area contributed by atoms with Crippen molar-refractivity contribution in [3.05, 3.63) is 0 Å². The van der Waals surface area contributed by atoms with Gasteiger partial charge in [-0.1, -0.05) is 6.42 Å². The van der Waals surface area contributed by atoms with Gasteiger partial charge in [-0.15, -0.1) is 11.8 Å². The van der Waals surface area contributed by atoms with Crippen LogP contribution in [0.1, 0.15) is 44.9 Å². The van der Waals surface area contributed by atoms with Crippen molar-refractivity contribution in [1.82, 2.24) is 21.3 Å². The molecule has 3 rings (SSSR count). The molecule has 1 saturated carbocycles. The summed E-state index contributed by atoms with van der Waals surface area (Å²) in [6, 6.07) is -0.967. The predicted octanol–water partition coefficient (Wildman–Crippen LogP) is -2.52. The Balaban J connectivity index is 1.38. The van der Waals surface area contributed by atoms with E-state index in [0.717, 1.165) is 0 Å². The first-order valence-corrected chi connectivity index (χ1v) is 16.3. The van der Waals surface area contributed by atoms with E-state index in [1.165, 1.54) is 11.8 Å². The highest BCUT2D eigenvalue weighted by molar-refractivity contribution is 8.01. The topological polar surface area (TPSA) is 294 Å². The van der Waals surface area contributed by atoms with E-state index in [0.29, 0.717) is 50.8 Å². The molecular weight excluding hydrogens is 619 g/mol. The first-order chi connectivity index (χ1) is 20.2. The molecule has 9 atom stereocenters. The number of urea groups is 1. The lowest BCUT2D eigenvalue weighted by Crippen LogP contribution is -2.65. The Morgan fingerprint density at radius 3 is 2.12 bits per heavy atom. The van der Waals surface area contributed by atoms with Crippen molar-refractivity contribution in [2.24, 2.45) is 0 Å². The molecule has 2 aliphatic heterocycles. The number of carboxylic acids is 1. The van der Waals surface area contributed by atoms with E-state index in [-0.39, 0.29) is 30.9 Å². The van der Waals surface area contributed by atoms with Gasteiger partial charge in [0.2, 0.25) is 5.91 Å². The zero-order valence-electron chi connectivity index (χ0n) is 23.0. The Morgan fingerprint density at radius 1 is 0.907 bits per heavy atom. The number of carbonyl (C=O) groups is 4. The fourth-order valence-corrected chi connectivity index (χ4v) is 7.61. The molecule has 11 N–H and O–H groups in total. The predicted molar refractivity (Wildman–Crippen MR) is 147 cm³/mol. The number of carboxylic acid groups (broad SMARTS) is 1. The molecule has 246 valence electrons. The van der Waals surface area contributed by atoms with Crippen molar-refractivity contribution in [2.75, 3.05) is 18.8 Å². The Labute approximate surface area is 250 Å². The van der Waals surface area contributed by atoms with Gasteiger partial charge in [-0.25, -0.2) is 14.2 Å². The molecule has 0 radical (unpaired) electrons. The van der Waals surface area contributed by atoms with Crippen molar-refractivity contribution in [2.45, 2.75) is 98.4 Å². The van der Waals surface area contributed by atoms with E-state index in [9.17, 15) is 44.2 Å². The van der Waals surface area contributed by atoms with Crippen molar-refractivity contribution in [3.8, 4) is 0 Å². The number of aliphatic hydroxyl groups is 4. The number of hydrogen-bond donors (Lipinski definition) is 11. The summed E-state index contributed by atoms with van der Waals surface area (Å²) in [7, 11) is -5.19. The van der Waals surface area contributed by atoms with Crippen LogP contribution >= 0.6 is 19.6 Å². The average Bonchev–Trinajstić information content (AvgIpc) is 3.47. The minimum absolute atomic E-state index is 0.0107. The highest BCUT2D eigenvalue weighted by Crippen LogP contribution is 2.44. The normalized spacial score (nSPS) is 33.7. The molecule has 0 spiro atoms. The first kappa shape index (κ1) is 35.3. The van der Waals surface area contributed by atoms with Gasteiger partial charge in [-0.05, 0) is 32.1 Å². The summed E-state index contributed by atoms with van der Waals surface area (Å²) < 4.78 is 19.3. The fourth-order valence-electron chi connectivity index (χ4n) is 5.39. The van der Waals surface area contributed by atoms with Gasteiger partial charge < -0.3 is 61.3 Å². The Bertz CT molecular complexity index is 1050. The molecule has 3 aliphatic rings. The minimum Gasteiger partial charge on any atom is -0.481 e. The number of rotatable bonds is 15. The van der Waals surface area contributed by atoms with Crippen LogP contribution in [0, 0.1) is 0 Å². The summed E-state index contributed by atoms with van der Waals surface area (Å²) in [4.78, 5) is 66.0. The monoisotopic (exact) mass is 658 g/mol. The Kier molecular flexibility index (Phi) is 12.4. The number of ether oxygens (including phenoxy) is 1. The van der Waals surface area contributed by atoms with Gasteiger partial charge in [0.05, 0.1) is 12.1 Å². The van der Waals surface area contributed by atoms with Crippen LogP contribution in [0.3, 0.4) is 0 Å². The van der Waals surface area contributed by atoms with Gasteiger partial charge in [-0.3, -0.25) is 14.1 Å². The van der Waals surface area contributed by atoms with Crippen LogP contribution in [0.5, 0.6) is 0 Å². The van der Waals surface area contributed by atoms with Crippen LogP contribution in [0.4, 0.5) is 9.59 Å². The second-order valence-electron chi connectivity index (χ2n) is 10.6. The lowest BCUT2D eigenvalue weighted by atomic mass is 9.85. The molecule has 0 aromatic rings. The zero-order chi connectivity index (χ0) is 31.9. The summed E-state index contributed by atoms with van der Waals surface area (Å²) in [5, 5.41) is 60.2. The summed E-state index contributed by atoms with van der Waals surface area (Å²) in [5.74, 6) is -0.611. The molecule has 4 amide bonds. The van der Waals surface area contributed by atoms with Crippen molar-refractivity contribution >= 4 is 43.6 Å². The van der Waals surface area contributed by atoms with E-state index in [4.69, 9.17) is 19.6 Å². The molecule has 3 fully saturated rings. The van der Waals surface area contributed by atoms with Crippen LogP contribution in [0.25, 0.3) is 0 Å². The van der Waals surface area contributed by atoms with E-state index in [1.807, 2.05) is 0 Å². The van der Waals surface area contributed by atoms with Crippen LogP contribution in [0.2, 0.25) is 0 Å². The van der Waals surface area contributed by atoms with Crippen LogP contribution in [-0.2, 0) is 23.4 Å². The standard InChI is InChI=1S/C23H39N4O14PS/c28-12(29)6-2-3-7-23(19-11(10-43-23)26-21(35)27-19)20(34)24-8-4-1-5-9-25-22(36)40-17-13(30)15(32)18(16(33)14(17)31)41-42(37,38)39/h11,13-19,30-33H,1-10H2,(H,24,34)(H,25,36)(H,28,29)(H2,26,27,35)(H2,37,38,39)/t11-,13-,14+,15-,16-,17?,18?,19-,23-/m0/s1. The van der Waals surface area contributed by atoms with Crippen molar-refractivity contribution in [1.29, 1.82) is 0 Å². The largest absolute Gasteiger partial charge is 0.481 e. The molecule has 2 heterocycles. The lowest BCUT2D eigenvalue weighted by Gasteiger charge is -2.42. The molecule has 2 saturated heterocycles. The van der Waals surface area contributed by atoms with E-state index >= 15 is 0 Å². The number of amides is 4. The second kappa shape index (κ2) is 15.2. The molecule has 18 nitrogen and oxygen atoms in total. The van der Waals surface area contributed by atoms with Crippen molar-refractivity contribution in [3.63, 3.8) is 0 Å². The maximum atomic E-state index is 13.3. The minimum atomic E-state index is -5.19. The summed E-state index contributed by atoms with van der Waals surface area (Å²) in [6.07, 6.45) is -10.3. The smallest absolute Gasteiger partial charge is 0.470 e. The number of phosphoric ester groups is 1. The number of thioether (sulfide) groups is 1. The number of phosphoric acid groups is 1. The highest BCUT2D eigenvalue weighted by atomic mass is 32.2. The van der Waals surface area contributed by atoms with Gasteiger partial charge in [0, 0.05) is 25.3 Å². The number of aliphatic hydroxyl groups excluding tert-OH is 4. The molecule has 2 unspecified atom stereocenters. The highest BCUT2D eigenvalue weighted by Gasteiger charge is 2.57. The van der Waals surface area contributed by atoms with Gasteiger partial charge in [-0.2, -0.15) is 0 Å². The number of fused-ring (bicyclic) bond motifs is 1. The van der Waals surface area contributed by atoms with E-state index in [1.54, 1.807) is 0 Å². The molecule has 0 bridgehead atoms. The van der Waals surface area contributed by atoms with Crippen molar-refractivity contribution < 1.29 is 68.3 Å². The fraction of sp³-hybridized carbons (Fsp3) is 0.826. The lowest BCUT2D eigenvalue weighted by molar-refractivity contribution is -0.219. The third-order valence-electron chi connectivity index (χ3n) is 7.56. The van der Waals surface area contributed by atoms with E-state index in [2.05, 4.69) is 25.8 Å². The molecule has 1 aliphatic carbocycles. The van der Waals surface area contributed by atoms with Gasteiger partial charge >= 0.3 is 25.9 Å². The number of hydrogen-bond acceptors (Lipinski definition) is 12. The number of carbonyl (C=O) groups excluding carboxylic acids is 3. The number of alkyl carbamates (subject to hydrolysis) is 1. The van der Waals surface area contributed by atoms with E-state index < -0.39 is 67.3 Å².